The molecule has 2 rings (SSSR count). The molecule has 108 valence electrons. The first-order valence-corrected chi connectivity index (χ1v) is 6.91. The molecule has 0 saturated carbocycles. The molecule has 0 aliphatic rings. The number of rotatable bonds is 5. The van der Waals surface area contributed by atoms with Gasteiger partial charge in [0.25, 0.3) is 5.91 Å². The lowest BCUT2D eigenvalue weighted by Gasteiger charge is -2.04. The predicted molar refractivity (Wildman–Crippen MR) is 81.9 cm³/mol. The van der Waals surface area contributed by atoms with Crippen molar-refractivity contribution in [2.45, 2.75) is 0 Å². The third-order valence-corrected chi connectivity index (χ3v) is 3.51. The number of hydrogen-bond acceptors (Lipinski definition) is 4. The summed E-state index contributed by atoms with van der Waals surface area (Å²) in [4.78, 5) is 23.1. The minimum Gasteiger partial charge on any atom is -0.496 e. The first-order valence-electron chi connectivity index (χ1n) is 6.03. The van der Waals surface area contributed by atoms with Gasteiger partial charge in [-0.25, -0.2) is 4.79 Å². The fourth-order valence-corrected chi connectivity index (χ4v) is 2.37. The summed E-state index contributed by atoms with van der Waals surface area (Å²) >= 11 is 1.29. The minimum atomic E-state index is -1.02. The average molecular weight is 303 g/mol. The van der Waals surface area contributed by atoms with Gasteiger partial charge < -0.3 is 15.2 Å². The number of carboxylic acids is 1. The Morgan fingerprint density at radius 1 is 1.33 bits per heavy atom. The van der Waals surface area contributed by atoms with E-state index in [1.54, 1.807) is 42.8 Å². The Balaban J connectivity index is 2.10. The van der Waals surface area contributed by atoms with Crippen molar-refractivity contribution in [3.8, 4) is 5.75 Å². The van der Waals surface area contributed by atoms with E-state index in [2.05, 4.69) is 5.32 Å². The number of anilines is 1. The zero-order chi connectivity index (χ0) is 15.2. The van der Waals surface area contributed by atoms with Crippen molar-refractivity contribution in [2.75, 3.05) is 12.4 Å². The van der Waals surface area contributed by atoms with Crippen LogP contribution >= 0.6 is 11.3 Å². The molecule has 0 bridgehead atoms. The highest BCUT2D eigenvalue weighted by Crippen LogP contribution is 2.22. The lowest BCUT2D eigenvalue weighted by molar-refractivity contribution is -0.131. The topological polar surface area (TPSA) is 75.6 Å². The van der Waals surface area contributed by atoms with Crippen LogP contribution in [0, 0.1) is 0 Å². The summed E-state index contributed by atoms with van der Waals surface area (Å²) in [5.74, 6) is -0.610. The molecule has 5 nitrogen and oxygen atoms in total. The lowest BCUT2D eigenvalue weighted by atomic mass is 10.2. The fourth-order valence-electron chi connectivity index (χ4n) is 1.63. The highest BCUT2D eigenvalue weighted by atomic mass is 32.1. The Morgan fingerprint density at radius 2 is 2.14 bits per heavy atom. The van der Waals surface area contributed by atoms with E-state index in [9.17, 15) is 9.59 Å². The van der Waals surface area contributed by atoms with Crippen molar-refractivity contribution in [3.63, 3.8) is 0 Å². The summed E-state index contributed by atoms with van der Waals surface area (Å²) in [5.41, 5.74) is 1.29. The number of amides is 1. The number of nitrogens with one attached hydrogen (secondary N) is 1. The highest BCUT2D eigenvalue weighted by Gasteiger charge is 2.09. The molecule has 0 fully saturated rings. The quantitative estimate of drug-likeness (QED) is 0.832. The summed E-state index contributed by atoms with van der Waals surface area (Å²) in [6.07, 6.45) is 2.51. The SMILES string of the molecule is COc1csc(C(=O)Nc2cccc(/C=C/C(=O)O)c2)c1. The molecule has 0 spiro atoms. The van der Waals surface area contributed by atoms with E-state index >= 15 is 0 Å². The maximum absolute atomic E-state index is 12.1. The van der Waals surface area contributed by atoms with Crippen LogP contribution in [0.5, 0.6) is 5.75 Å². The summed E-state index contributed by atoms with van der Waals surface area (Å²) in [6.45, 7) is 0. The van der Waals surface area contributed by atoms with Gasteiger partial charge in [-0.1, -0.05) is 12.1 Å². The second-order valence-electron chi connectivity index (χ2n) is 4.10. The maximum Gasteiger partial charge on any atom is 0.328 e. The monoisotopic (exact) mass is 303 g/mol. The van der Waals surface area contributed by atoms with Crippen LogP contribution in [-0.2, 0) is 4.79 Å². The summed E-state index contributed by atoms with van der Waals surface area (Å²) < 4.78 is 5.03. The van der Waals surface area contributed by atoms with Crippen LogP contribution in [0.15, 0.2) is 41.8 Å². The van der Waals surface area contributed by atoms with E-state index in [4.69, 9.17) is 9.84 Å². The number of thiophene rings is 1. The third kappa shape index (κ3) is 4.19. The smallest absolute Gasteiger partial charge is 0.328 e. The lowest BCUT2D eigenvalue weighted by Crippen LogP contribution is -2.10. The fraction of sp³-hybridized carbons (Fsp3) is 0.0667. The Kier molecular flexibility index (Phi) is 4.73. The molecule has 0 aliphatic heterocycles. The number of ether oxygens (including phenoxy) is 1. The summed E-state index contributed by atoms with van der Waals surface area (Å²) in [6, 6.07) is 8.59. The molecule has 6 heteroatoms. The van der Waals surface area contributed by atoms with Crippen molar-refractivity contribution in [1.82, 2.24) is 0 Å². The molecule has 0 radical (unpaired) electrons. The van der Waals surface area contributed by atoms with Gasteiger partial charge in [-0.2, -0.15) is 0 Å². The Morgan fingerprint density at radius 3 is 2.81 bits per heavy atom. The molecule has 0 aliphatic carbocycles. The number of hydrogen-bond donors (Lipinski definition) is 2. The van der Waals surface area contributed by atoms with Gasteiger partial charge >= 0.3 is 5.97 Å². The van der Waals surface area contributed by atoms with Crippen molar-refractivity contribution in [2.24, 2.45) is 0 Å². The Hall–Kier alpha value is -2.60. The van der Waals surface area contributed by atoms with E-state index in [0.29, 0.717) is 21.9 Å². The van der Waals surface area contributed by atoms with Crippen LogP contribution in [0.2, 0.25) is 0 Å². The van der Waals surface area contributed by atoms with Gasteiger partial charge in [-0.15, -0.1) is 11.3 Å². The normalized spacial score (nSPS) is 10.5. The summed E-state index contributed by atoms with van der Waals surface area (Å²) in [7, 11) is 1.54. The van der Waals surface area contributed by atoms with Gasteiger partial charge in [0.1, 0.15) is 5.75 Å². The molecule has 21 heavy (non-hydrogen) atoms. The molecule has 1 amide bonds. The van der Waals surface area contributed by atoms with Crippen molar-refractivity contribution in [1.29, 1.82) is 0 Å². The molecular formula is C15H13NO4S. The highest BCUT2D eigenvalue weighted by molar-refractivity contribution is 7.12. The largest absolute Gasteiger partial charge is 0.496 e. The van der Waals surface area contributed by atoms with E-state index < -0.39 is 5.97 Å². The number of carboxylic acid groups (broad SMARTS) is 1. The van der Waals surface area contributed by atoms with Gasteiger partial charge in [0.15, 0.2) is 0 Å². The minimum absolute atomic E-state index is 0.234. The zero-order valence-corrected chi connectivity index (χ0v) is 12.0. The number of methoxy groups -OCH3 is 1. The van der Waals surface area contributed by atoms with E-state index in [0.717, 1.165) is 6.08 Å². The van der Waals surface area contributed by atoms with Crippen molar-refractivity contribution in [3.05, 3.63) is 52.2 Å². The number of aliphatic carboxylic acids is 1. The molecule has 1 heterocycles. The van der Waals surface area contributed by atoms with Crippen molar-refractivity contribution < 1.29 is 19.4 Å². The zero-order valence-electron chi connectivity index (χ0n) is 11.2. The summed E-state index contributed by atoms with van der Waals surface area (Å²) in [5, 5.41) is 13.1. The Bertz CT molecular complexity index is 690. The Labute approximate surface area is 125 Å². The van der Waals surface area contributed by atoms with Crippen LogP contribution in [0.3, 0.4) is 0 Å². The van der Waals surface area contributed by atoms with E-state index in [-0.39, 0.29) is 5.91 Å². The standard InChI is InChI=1S/C15H13NO4S/c1-20-12-8-13(21-9-12)15(19)16-11-4-2-3-10(7-11)5-6-14(17)18/h2-9H,1H3,(H,16,19)(H,17,18)/b6-5+. The van der Waals surface area contributed by atoms with Gasteiger partial charge in [-0.05, 0) is 23.8 Å². The number of carbonyl (C=O) groups excluding carboxylic acids is 1. The van der Waals surface area contributed by atoms with Crippen LogP contribution in [0.25, 0.3) is 6.08 Å². The van der Waals surface area contributed by atoms with E-state index in [1.807, 2.05) is 0 Å². The second kappa shape index (κ2) is 6.71. The molecular weight excluding hydrogens is 290 g/mol. The molecule has 1 aromatic heterocycles. The number of benzene rings is 1. The first-order chi connectivity index (χ1) is 10.1. The predicted octanol–water partition coefficient (Wildman–Crippen LogP) is 3.11. The van der Waals surface area contributed by atoms with E-state index in [1.165, 1.54) is 17.4 Å². The van der Waals surface area contributed by atoms with Crippen LogP contribution in [0.1, 0.15) is 15.2 Å². The molecule has 2 N–H and O–H groups in total. The van der Waals surface area contributed by atoms with Gasteiger partial charge in [0.2, 0.25) is 0 Å². The molecule has 1 aromatic carbocycles. The van der Waals surface area contributed by atoms with Gasteiger partial charge in [-0.3, -0.25) is 4.79 Å². The average Bonchev–Trinajstić information content (AvgIpc) is 2.94. The number of carbonyl (C=O) groups is 2. The molecule has 2 aromatic rings. The molecule has 0 saturated heterocycles. The second-order valence-corrected chi connectivity index (χ2v) is 5.01. The van der Waals surface area contributed by atoms with Gasteiger partial charge in [0.05, 0.1) is 12.0 Å². The first kappa shape index (κ1) is 14.8. The van der Waals surface area contributed by atoms with Crippen LogP contribution < -0.4 is 10.1 Å². The van der Waals surface area contributed by atoms with Crippen LogP contribution in [0.4, 0.5) is 5.69 Å². The third-order valence-electron chi connectivity index (χ3n) is 2.60. The van der Waals surface area contributed by atoms with Gasteiger partial charge in [0, 0.05) is 23.2 Å². The maximum atomic E-state index is 12.1. The van der Waals surface area contributed by atoms with Crippen molar-refractivity contribution >= 4 is 35.0 Å². The van der Waals surface area contributed by atoms with Crippen LogP contribution in [-0.4, -0.2) is 24.1 Å². The molecule has 0 atom stereocenters. The molecule has 0 unspecified atom stereocenters.